The second-order valence-electron chi connectivity index (χ2n) is 5.85. The van der Waals surface area contributed by atoms with Gasteiger partial charge in [0.05, 0.1) is 35.6 Å². The first kappa shape index (κ1) is 21.2. The monoisotopic (exact) mass is 406 g/mol. The van der Waals surface area contributed by atoms with E-state index in [1.54, 1.807) is 32.0 Å². The quantitative estimate of drug-likeness (QED) is 0.684. The third-order valence-corrected chi connectivity index (χ3v) is 5.23. The van der Waals surface area contributed by atoms with Gasteiger partial charge in [-0.2, -0.15) is 0 Å². The van der Waals surface area contributed by atoms with Crippen molar-refractivity contribution in [3.63, 3.8) is 0 Å². The average molecular weight is 406 g/mol. The first-order valence-corrected chi connectivity index (χ1v) is 9.93. The van der Waals surface area contributed by atoms with Crippen LogP contribution in [-0.2, 0) is 19.6 Å². The van der Waals surface area contributed by atoms with Crippen molar-refractivity contribution < 1.29 is 27.5 Å². The summed E-state index contributed by atoms with van der Waals surface area (Å²) in [5.74, 6) is -0.563. The molecular weight excluding hydrogens is 384 g/mol. The van der Waals surface area contributed by atoms with Crippen LogP contribution in [0.2, 0.25) is 0 Å². The van der Waals surface area contributed by atoms with Gasteiger partial charge in [0, 0.05) is 6.92 Å². The normalized spacial score (nSPS) is 10.9. The molecule has 28 heavy (non-hydrogen) atoms. The van der Waals surface area contributed by atoms with Gasteiger partial charge in [-0.25, -0.2) is 13.2 Å². The van der Waals surface area contributed by atoms with Crippen molar-refractivity contribution in [2.75, 3.05) is 23.8 Å². The van der Waals surface area contributed by atoms with Gasteiger partial charge in [0.2, 0.25) is 5.91 Å². The summed E-state index contributed by atoms with van der Waals surface area (Å²) in [5, 5.41) is 2.53. The number of sulfonamides is 1. The SMILES string of the molecule is CCOC(=O)c1cccc(NS(=O)(=O)c2ccc(OC)c(NC(C)=O)c2)c1C. The summed E-state index contributed by atoms with van der Waals surface area (Å²) in [4.78, 5) is 23.3. The highest BCUT2D eigenvalue weighted by Crippen LogP contribution is 2.29. The maximum absolute atomic E-state index is 12.8. The van der Waals surface area contributed by atoms with Crippen molar-refractivity contribution in [1.29, 1.82) is 0 Å². The smallest absolute Gasteiger partial charge is 0.338 e. The van der Waals surface area contributed by atoms with Crippen molar-refractivity contribution in [1.82, 2.24) is 0 Å². The fourth-order valence-electron chi connectivity index (χ4n) is 2.52. The van der Waals surface area contributed by atoms with Crippen molar-refractivity contribution in [2.24, 2.45) is 0 Å². The Balaban J connectivity index is 2.40. The van der Waals surface area contributed by atoms with E-state index in [2.05, 4.69) is 10.0 Å². The number of esters is 1. The second-order valence-corrected chi connectivity index (χ2v) is 7.53. The lowest BCUT2D eigenvalue weighted by Gasteiger charge is -2.15. The van der Waals surface area contributed by atoms with Crippen molar-refractivity contribution in [2.45, 2.75) is 25.7 Å². The number of rotatable bonds is 7. The molecule has 2 aromatic rings. The number of nitrogens with one attached hydrogen (secondary N) is 2. The van der Waals surface area contributed by atoms with Crippen LogP contribution < -0.4 is 14.8 Å². The van der Waals surface area contributed by atoms with Gasteiger partial charge in [0.25, 0.3) is 10.0 Å². The predicted octanol–water partition coefficient (Wildman–Crippen LogP) is 2.94. The molecule has 1 amide bonds. The highest BCUT2D eigenvalue weighted by molar-refractivity contribution is 7.92. The zero-order valence-corrected chi connectivity index (χ0v) is 16.8. The molecule has 8 nitrogen and oxygen atoms in total. The van der Waals surface area contributed by atoms with Gasteiger partial charge in [-0.05, 0) is 49.7 Å². The Bertz CT molecular complexity index is 1000. The third-order valence-electron chi connectivity index (χ3n) is 3.87. The van der Waals surface area contributed by atoms with E-state index < -0.39 is 16.0 Å². The van der Waals surface area contributed by atoms with Crippen LogP contribution >= 0.6 is 0 Å². The molecule has 0 aromatic heterocycles. The Morgan fingerprint density at radius 1 is 1.11 bits per heavy atom. The summed E-state index contributed by atoms with van der Waals surface area (Å²) in [6, 6.07) is 8.78. The number of anilines is 2. The van der Waals surface area contributed by atoms with Crippen LogP contribution in [0.3, 0.4) is 0 Å². The van der Waals surface area contributed by atoms with Gasteiger partial charge in [-0.15, -0.1) is 0 Å². The van der Waals surface area contributed by atoms with E-state index in [4.69, 9.17) is 9.47 Å². The van der Waals surface area contributed by atoms with Crippen molar-refractivity contribution >= 4 is 33.3 Å². The first-order valence-electron chi connectivity index (χ1n) is 8.44. The van der Waals surface area contributed by atoms with Gasteiger partial charge in [-0.3, -0.25) is 9.52 Å². The molecular formula is C19H22N2O6S. The molecule has 0 aliphatic heterocycles. The van der Waals surface area contributed by atoms with E-state index in [1.807, 2.05) is 0 Å². The Hall–Kier alpha value is -3.07. The summed E-state index contributed by atoms with van der Waals surface area (Å²) in [6.07, 6.45) is 0. The lowest BCUT2D eigenvalue weighted by Crippen LogP contribution is -2.16. The van der Waals surface area contributed by atoms with E-state index in [0.29, 0.717) is 11.3 Å². The first-order chi connectivity index (χ1) is 13.2. The largest absolute Gasteiger partial charge is 0.495 e. The van der Waals surface area contributed by atoms with Crippen LogP contribution in [0.1, 0.15) is 29.8 Å². The Labute approximate surface area is 163 Å². The molecule has 0 saturated heterocycles. The van der Waals surface area contributed by atoms with E-state index in [-0.39, 0.29) is 34.3 Å². The molecule has 0 aliphatic rings. The summed E-state index contributed by atoms with van der Waals surface area (Å²) < 4.78 is 38.2. The number of hydrogen-bond acceptors (Lipinski definition) is 6. The molecule has 0 radical (unpaired) electrons. The number of hydrogen-bond donors (Lipinski definition) is 2. The number of methoxy groups -OCH3 is 1. The fraction of sp³-hybridized carbons (Fsp3) is 0.263. The highest BCUT2D eigenvalue weighted by Gasteiger charge is 2.20. The molecule has 0 spiro atoms. The van der Waals surface area contributed by atoms with Gasteiger partial charge >= 0.3 is 5.97 Å². The minimum absolute atomic E-state index is 0.0713. The van der Waals surface area contributed by atoms with E-state index in [0.717, 1.165) is 0 Å². The molecule has 0 aliphatic carbocycles. The Morgan fingerprint density at radius 3 is 2.43 bits per heavy atom. The summed E-state index contributed by atoms with van der Waals surface area (Å²) in [6.45, 7) is 4.84. The van der Waals surface area contributed by atoms with Crippen LogP contribution in [0.4, 0.5) is 11.4 Å². The van der Waals surface area contributed by atoms with Gasteiger partial charge < -0.3 is 14.8 Å². The standard InChI is InChI=1S/C19H22N2O6S/c1-5-27-19(23)15-7-6-8-16(12(15)2)21-28(24,25)14-9-10-18(26-4)17(11-14)20-13(3)22/h6-11,21H,5H2,1-4H3,(H,20,22). The van der Waals surface area contributed by atoms with E-state index >= 15 is 0 Å². The third kappa shape index (κ3) is 4.80. The lowest BCUT2D eigenvalue weighted by atomic mass is 10.1. The minimum Gasteiger partial charge on any atom is -0.495 e. The van der Waals surface area contributed by atoms with Crippen LogP contribution in [-0.4, -0.2) is 34.0 Å². The van der Waals surface area contributed by atoms with Crippen molar-refractivity contribution in [3.8, 4) is 5.75 Å². The van der Waals surface area contributed by atoms with E-state index in [1.165, 1.54) is 32.2 Å². The zero-order valence-electron chi connectivity index (χ0n) is 16.0. The fourth-order valence-corrected chi connectivity index (χ4v) is 3.67. The summed E-state index contributed by atoms with van der Waals surface area (Å²) in [7, 11) is -2.57. The van der Waals surface area contributed by atoms with Crippen LogP contribution in [0, 0.1) is 6.92 Å². The van der Waals surface area contributed by atoms with Crippen LogP contribution in [0.15, 0.2) is 41.3 Å². The molecule has 0 fully saturated rings. The number of carbonyl (C=O) groups is 2. The lowest BCUT2D eigenvalue weighted by molar-refractivity contribution is -0.114. The van der Waals surface area contributed by atoms with Gasteiger partial charge in [-0.1, -0.05) is 6.07 Å². The minimum atomic E-state index is -3.98. The van der Waals surface area contributed by atoms with Crippen LogP contribution in [0.25, 0.3) is 0 Å². The predicted molar refractivity (Wildman–Crippen MR) is 105 cm³/mol. The molecule has 0 heterocycles. The van der Waals surface area contributed by atoms with Crippen molar-refractivity contribution in [3.05, 3.63) is 47.5 Å². The van der Waals surface area contributed by atoms with Gasteiger partial charge in [0.15, 0.2) is 0 Å². The van der Waals surface area contributed by atoms with Gasteiger partial charge in [0.1, 0.15) is 5.75 Å². The number of ether oxygens (including phenoxy) is 2. The molecule has 2 N–H and O–H groups in total. The highest BCUT2D eigenvalue weighted by atomic mass is 32.2. The van der Waals surface area contributed by atoms with E-state index in [9.17, 15) is 18.0 Å². The zero-order chi connectivity index (χ0) is 20.9. The molecule has 0 atom stereocenters. The molecule has 0 bridgehead atoms. The maximum Gasteiger partial charge on any atom is 0.338 e. The molecule has 150 valence electrons. The topological polar surface area (TPSA) is 111 Å². The number of benzene rings is 2. The number of amides is 1. The van der Waals surface area contributed by atoms with Crippen LogP contribution in [0.5, 0.6) is 5.75 Å². The molecule has 9 heteroatoms. The second kappa shape index (κ2) is 8.75. The summed E-state index contributed by atoms with van der Waals surface area (Å²) >= 11 is 0. The molecule has 0 saturated carbocycles. The Kier molecular flexibility index (Phi) is 6.63. The number of carbonyl (C=O) groups excluding carboxylic acids is 2. The molecule has 2 rings (SSSR count). The Morgan fingerprint density at radius 2 is 1.82 bits per heavy atom. The maximum atomic E-state index is 12.8. The average Bonchev–Trinajstić information content (AvgIpc) is 2.63. The molecule has 2 aromatic carbocycles. The molecule has 0 unspecified atom stereocenters. The summed E-state index contributed by atoms with van der Waals surface area (Å²) in [5.41, 5.74) is 1.20.